The van der Waals surface area contributed by atoms with Gasteiger partial charge in [0.1, 0.15) is 17.3 Å². The third-order valence-corrected chi connectivity index (χ3v) is 5.61. The van der Waals surface area contributed by atoms with E-state index in [1.165, 1.54) is 23.9 Å². The van der Waals surface area contributed by atoms with Crippen LogP contribution in [0.25, 0.3) is 0 Å². The summed E-state index contributed by atoms with van der Waals surface area (Å²) in [6.07, 6.45) is 1.33. The van der Waals surface area contributed by atoms with E-state index < -0.39 is 11.9 Å². The minimum absolute atomic E-state index is 0.0662. The summed E-state index contributed by atoms with van der Waals surface area (Å²) in [6, 6.07) is 11.0. The number of benzene rings is 2. The van der Waals surface area contributed by atoms with Crippen molar-refractivity contribution in [2.75, 3.05) is 18.2 Å². The number of hydrogen-bond acceptors (Lipinski definition) is 6. The van der Waals surface area contributed by atoms with E-state index in [4.69, 9.17) is 21.1 Å². The summed E-state index contributed by atoms with van der Waals surface area (Å²) < 4.78 is 26.1. The van der Waals surface area contributed by atoms with Gasteiger partial charge in [-0.25, -0.2) is 4.39 Å². The molecular weight excluding hydrogens is 455 g/mol. The van der Waals surface area contributed by atoms with E-state index >= 15 is 0 Å². The Kier molecular flexibility index (Phi) is 8.13. The number of hydrogen-bond donors (Lipinski definition) is 1. The fourth-order valence-corrected chi connectivity index (χ4v) is 3.80. The lowest BCUT2D eigenvalue weighted by Crippen LogP contribution is -2.16. The van der Waals surface area contributed by atoms with Crippen LogP contribution in [0.5, 0.6) is 11.5 Å². The number of nitrogens with zero attached hydrogens (tertiary/aromatic N) is 3. The molecule has 0 spiro atoms. The molecule has 10 heteroatoms. The number of methoxy groups -OCH3 is 1. The predicted molar refractivity (Wildman–Crippen MR) is 123 cm³/mol. The summed E-state index contributed by atoms with van der Waals surface area (Å²) in [5, 5.41) is 11.8. The zero-order valence-electron chi connectivity index (χ0n) is 17.5. The minimum atomic E-state index is -0.474. The van der Waals surface area contributed by atoms with Crippen molar-refractivity contribution in [2.24, 2.45) is 0 Å². The van der Waals surface area contributed by atoms with Crippen LogP contribution in [0.1, 0.15) is 18.9 Å². The highest BCUT2D eigenvalue weighted by Gasteiger charge is 2.20. The first-order valence-corrected chi connectivity index (χ1v) is 11.0. The van der Waals surface area contributed by atoms with E-state index in [0.717, 1.165) is 11.8 Å². The topological polar surface area (TPSA) is 78.3 Å². The number of nitrogens with one attached hydrogen (secondary N) is 1. The van der Waals surface area contributed by atoms with Gasteiger partial charge in [0.15, 0.2) is 17.1 Å². The second-order valence-electron chi connectivity index (χ2n) is 6.64. The molecule has 7 nitrogen and oxygen atoms in total. The van der Waals surface area contributed by atoms with Crippen molar-refractivity contribution in [1.29, 1.82) is 0 Å². The molecule has 0 radical (unpaired) electrons. The maximum absolute atomic E-state index is 13.2. The Morgan fingerprint density at radius 2 is 2.00 bits per heavy atom. The monoisotopic (exact) mass is 476 g/mol. The number of rotatable bonds is 10. The molecule has 1 unspecified atom stereocenters. The van der Waals surface area contributed by atoms with Crippen LogP contribution in [-0.4, -0.2) is 33.5 Å². The molecule has 168 valence electrons. The van der Waals surface area contributed by atoms with Crippen LogP contribution >= 0.6 is 23.4 Å². The van der Waals surface area contributed by atoms with Gasteiger partial charge >= 0.3 is 0 Å². The fraction of sp³-hybridized carbons (Fsp3) is 0.227. The number of allylic oxidation sites excluding steroid dienone is 1. The van der Waals surface area contributed by atoms with Crippen LogP contribution in [-0.2, 0) is 11.3 Å². The summed E-state index contributed by atoms with van der Waals surface area (Å²) in [4.78, 5) is 12.3. The van der Waals surface area contributed by atoms with Crippen molar-refractivity contribution in [3.05, 3.63) is 71.8 Å². The smallest absolute Gasteiger partial charge is 0.234 e. The molecule has 32 heavy (non-hydrogen) atoms. The van der Waals surface area contributed by atoms with E-state index in [1.807, 2.05) is 35.8 Å². The Bertz CT molecular complexity index is 1090. The van der Waals surface area contributed by atoms with Gasteiger partial charge in [-0.15, -0.1) is 16.8 Å². The van der Waals surface area contributed by atoms with Gasteiger partial charge in [0.2, 0.25) is 5.91 Å². The zero-order chi connectivity index (χ0) is 23.1. The van der Waals surface area contributed by atoms with Gasteiger partial charge in [0, 0.05) is 6.54 Å². The molecule has 1 aromatic heterocycles. The van der Waals surface area contributed by atoms with Crippen LogP contribution in [0.15, 0.2) is 60.3 Å². The first kappa shape index (κ1) is 23.6. The van der Waals surface area contributed by atoms with Crippen LogP contribution in [0, 0.1) is 5.82 Å². The number of amides is 1. The second-order valence-corrected chi connectivity index (χ2v) is 7.99. The van der Waals surface area contributed by atoms with Crippen molar-refractivity contribution in [1.82, 2.24) is 14.8 Å². The van der Waals surface area contributed by atoms with Crippen LogP contribution < -0.4 is 14.8 Å². The van der Waals surface area contributed by atoms with Crippen LogP contribution in [0.3, 0.4) is 0 Å². The van der Waals surface area contributed by atoms with Gasteiger partial charge in [-0.05, 0) is 49.4 Å². The largest absolute Gasteiger partial charge is 0.497 e. The molecule has 0 saturated heterocycles. The van der Waals surface area contributed by atoms with E-state index in [1.54, 1.807) is 13.2 Å². The summed E-state index contributed by atoms with van der Waals surface area (Å²) >= 11 is 7.17. The number of carbonyl (C=O) groups is 1. The molecule has 1 amide bonds. The van der Waals surface area contributed by atoms with Gasteiger partial charge in [-0.3, -0.25) is 9.36 Å². The molecule has 2 aromatic carbocycles. The van der Waals surface area contributed by atoms with Crippen molar-refractivity contribution in [3.63, 3.8) is 0 Å². The molecule has 0 aliphatic heterocycles. The van der Waals surface area contributed by atoms with Crippen molar-refractivity contribution in [3.8, 4) is 11.5 Å². The molecule has 0 saturated carbocycles. The maximum Gasteiger partial charge on any atom is 0.234 e. The molecule has 1 N–H and O–H groups in total. The van der Waals surface area contributed by atoms with Crippen molar-refractivity contribution < 1.29 is 18.7 Å². The Hall–Kier alpha value is -3.04. The van der Waals surface area contributed by atoms with Gasteiger partial charge in [-0.1, -0.05) is 29.4 Å². The fourth-order valence-electron chi connectivity index (χ4n) is 2.83. The van der Waals surface area contributed by atoms with E-state index in [2.05, 4.69) is 22.1 Å². The third-order valence-electron chi connectivity index (χ3n) is 4.33. The minimum Gasteiger partial charge on any atom is -0.497 e. The SMILES string of the molecule is C=CCn1c(SCC(=O)Nc2ccc(F)cc2Cl)nnc1C(C)Oc1ccc(OC)cc1. The standard InChI is InChI=1S/C22H22ClFN4O3S/c1-4-11-28-21(14(2)31-17-8-6-16(30-3)7-9-17)26-27-22(28)32-13-20(29)25-19-10-5-15(24)12-18(19)23/h4-10,12,14H,1,11,13H2,2-3H3,(H,25,29). The highest BCUT2D eigenvalue weighted by Crippen LogP contribution is 2.27. The zero-order valence-corrected chi connectivity index (χ0v) is 19.1. The number of carbonyl (C=O) groups excluding carboxylic acids is 1. The van der Waals surface area contributed by atoms with Crippen molar-refractivity contribution in [2.45, 2.75) is 24.7 Å². The molecule has 1 heterocycles. The first-order valence-electron chi connectivity index (χ1n) is 9.63. The third kappa shape index (κ3) is 6.02. The highest BCUT2D eigenvalue weighted by atomic mass is 35.5. The quantitative estimate of drug-likeness (QED) is 0.322. The van der Waals surface area contributed by atoms with Crippen LogP contribution in [0.4, 0.5) is 10.1 Å². The van der Waals surface area contributed by atoms with Crippen LogP contribution in [0.2, 0.25) is 5.02 Å². The number of anilines is 1. The molecule has 0 fully saturated rings. The normalized spacial score (nSPS) is 11.6. The molecule has 0 aliphatic rings. The molecular formula is C22H22ClFN4O3S. The van der Waals surface area contributed by atoms with E-state index in [0.29, 0.717) is 29.0 Å². The average molecular weight is 477 g/mol. The molecule has 3 rings (SSSR count). The molecule has 1 atom stereocenters. The second kappa shape index (κ2) is 11.0. The first-order chi connectivity index (χ1) is 15.4. The summed E-state index contributed by atoms with van der Waals surface area (Å²) in [6.45, 7) is 6.10. The summed E-state index contributed by atoms with van der Waals surface area (Å²) in [7, 11) is 1.60. The predicted octanol–water partition coefficient (Wildman–Crippen LogP) is 5.14. The van der Waals surface area contributed by atoms with Gasteiger partial charge < -0.3 is 14.8 Å². The van der Waals surface area contributed by atoms with E-state index in [-0.39, 0.29) is 16.7 Å². The molecule has 0 aliphatic carbocycles. The lowest BCUT2D eigenvalue weighted by atomic mass is 10.3. The average Bonchev–Trinajstić information content (AvgIpc) is 3.18. The Morgan fingerprint density at radius 1 is 1.28 bits per heavy atom. The number of thioether (sulfide) groups is 1. The number of halogens is 2. The Morgan fingerprint density at radius 3 is 2.66 bits per heavy atom. The number of aromatic nitrogens is 3. The lowest BCUT2D eigenvalue weighted by molar-refractivity contribution is -0.113. The maximum atomic E-state index is 13.2. The van der Waals surface area contributed by atoms with Gasteiger partial charge in [0.25, 0.3) is 0 Å². The Labute approximate surface area is 194 Å². The molecule has 3 aromatic rings. The highest BCUT2D eigenvalue weighted by molar-refractivity contribution is 7.99. The summed E-state index contributed by atoms with van der Waals surface area (Å²) in [5.41, 5.74) is 0.341. The lowest BCUT2D eigenvalue weighted by Gasteiger charge is -2.16. The number of ether oxygens (including phenoxy) is 2. The van der Waals surface area contributed by atoms with Crippen molar-refractivity contribution >= 4 is 35.0 Å². The summed E-state index contributed by atoms with van der Waals surface area (Å²) in [5.74, 6) is 1.29. The van der Waals surface area contributed by atoms with Gasteiger partial charge in [-0.2, -0.15) is 0 Å². The Balaban J connectivity index is 1.66. The van der Waals surface area contributed by atoms with Gasteiger partial charge in [0.05, 0.1) is 23.6 Å². The van der Waals surface area contributed by atoms with E-state index in [9.17, 15) is 9.18 Å². The molecule has 0 bridgehead atoms.